The van der Waals surface area contributed by atoms with Crippen LogP contribution in [-0.4, -0.2) is 6.54 Å². The van der Waals surface area contributed by atoms with Crippen molar-refractivity contribution < 1.29 is 4.39 Å². The molecule has 1 aliphatic carbocycles. The van der Waals surface area contributed by atoms with Gasteiger partial charge in [0.2, 0.25) is 0 Å². The predicted octanol–water partition coefficient (Wildman–Crippen LogP) is 4.26. The molecule has 0 amide bonds. The average Bonchev–Trinajstić information content (AvgIpc) is 2.64. The number of benzene rings is 1. The van der Waals surface area contributed by atoms with Crippen LogP contribution in [0.2, 0.25) is 0 Å². The van der Waals surface area contributed by atoms with E-state index in [9.17, 15) is 4.39 Å². The topological polar surface area (TPSA) is 12.0 Å². The molecule has 3 heteroatoms. The molecule has 0 aliphatic heterocycles. The van der Waals surface area contributed by atoms with E-state index in [1.165, 1.54) is 31.7 Å². The summed E-state index contributed by atoms with van der Waals surface area (Å²) in [7, 11) is 0. The molecule has 1 fully saturated rings. The van der Waals surface area contributed by atoms with Crippen LogP contribution in [0.5, 0.6) is 0 Å². The standard InChI is InChI=1S/C14H19BrFN/c1-14(4-2-3-5-14)10-17-9-11-6-12(15)8-13(16)7-11/h6-8,17H,2-5,9-10H2,1H3. The third-order valence-electron chi connectivity index (χ3n) is 3.61. The summed E-state index contributed by atoms with van der Waals surface area (Å²) in [6.07, 6.45) is 5.33. The van der Waals surface area contributed by atoms with Gasteiger partial charge in [-0.2, -0.15) is 0 Å². The van der Waals surface area contributed by atoms with Crippen LogP contribution in [0.3, 0.4) is 0 Å². The van der Waals surface area contributed by atoms with Gasteiger partial charge in [-0.05, 0) is 42.0 Å². The highest BCUT2D eigenvalue weighted by Crippen LogP contribution is 2.36. The van der Waals surface area contributed by atoms with Crippen LogP contribution in [0, 0.1) is 11.2 Å². The Balaban J connectivity index is 1.85. The summed E-state index contributed by atoms with van der Waals surface area (Å²) in [5, 5.41) is 3.45. The van der Waals surface area contributed by atoms with E-state index in [1.807, 2.05) is 6.07 Å². The van der Waals surface area contributed by atoms with E-state index in [0.29, 0.717) is 5.41 Å². The van der Waals surface area contributed by atoms with Crippen molar-refractivity contribution in [3.05, 3.63) is 34.1 Å². The largest absolute Gasteiger partial charge is 0.312 e. The van der Waals surface area contributed by atoms with E-state index in [0.717, 1.165) is 23.1 Å². The van der Waals surface area contributed by atoms with Gasteiger partial charge >= 0.3 is 0 Å². The Kier molecular flexibility index (Phi) is 4.21. The van der Waals surface area contributed by atoms with Crippen LogP contribution in [0.25, 0.3) is 0 Å². The first kappa shape index (κ1) is 13.0. The van der Waals surface area contributed by atoms with Gasteiger partial charge in [0.25, 0.3) is 0 Å². The van der Waals surface area contributed by atoms with Crippen molar-refractivity contribution in [2.45, 2.75) is 39.2 Å². The highest BCUT2D eigenvalue weighted by Gasteiger charge is 2.27. The Morgan fingerprint density at radius 3 is 2.65 bits per heavy atom. The summed E-state index contributed by atoms with van der Waals surface area (Å²) >= 11 is 3.31. The zero-order valence-corrected chi connectivity index (χ0v) is 11.8. The van der Waals surface area contributed by atoms with E-state index in [-0.39, 0.29) is 5.82 Å². The number of hydrogen-bond acceptors (Lipinski definition) is 1. The fourth-order valence-electron chi connectivity index (χ4n) is 2.63. The molecule has 0 bridgehead atoms. The Hall–Kier alpha value is -0.410. The first-order valence-corrected chi connectivity index (χ1v) is 7.02. The van der Waals surface area contributed by atoms with Gasteiger partial charge in [0.05, 0.1) is 0 Å². The molecule has 1 N–H and O–H groups in total. The molecule has 17 heavy (non-hydrogen) atoms. The van der Waals surface area contributed by atoms with Gasteiger partial charge in [-0.1, -0.05) is 35.7 Å². The van der Waals surface area contributed by atoms with Crippen molar-refractivity contribution in [2.75, 3.05) is 6.54 Å². The van der Waals surface area contributed by atoms with E-state index >= 15 is 0 Å². The van der Waals surface area contributed by atoms with Crippen molar-refractivity contribution in [3.8, 4) is 0 Å². The molecule has 94 valence electrons. The fourth-order valence-corrected chi connectivity index (χ4v) is 3.14. The molecule has 1 nitrogen and oxygen atoms in total. The summed E-state index contributed by atoms with van der Waals surface area (Å²) < 4.78 is 14.0. The monoisotopic (exact) mass is 299 g/mol. The molecule has 1 aliphatic rings. The third-order valence-corrected chi connectivity index (χ3v) is 4.07. The second-order valence-electron chi connectivity index (χ2n) is 5.40. The molecule has 0 saturated heterocycles. The molecule has 0 aromatic heterocycles. The number of hydrogen-bond donors (Lipinski definition) is 1. The lowest BCUT2D eigenvalue weighted by molar-refractivity contribution is 0.314. The molecular weight excluding hydrogens is 281 g/mol. The number of nitrogens with one attached hydrogen (secondary N) is 1. The lowest BCUT2D eigenvalue weighted by Gasteiger charge is -2.23. The maximum Gasteiger partial charge on any atom is 0.124 e. The molecule has 0 heterocycles. The Labute approximate surface area is 111 Å². The van der Waals surface area contributed by atoms with Crippen molar-refractivity contribution in [3.63, 3.8) is 0 Å². The van der Waals surface area contributed by atoms with Gasteiger partial charge in [0.1, 0.15) is 5.82 Å². The summed E-state index contributed by atoms with van der Waals surface area (Å²) in [6.45, 7) is 4.11. The minimum absolute atomic E-state index is 0.178. The highest BCUT2D eigenvalue weighted by molar-refractivity contribution is 9.10. The molecule has 0 radical (unpaired) electrons. The van der Waals surface area contributed by atoms with Crippen molar-refractivity contribution >= 4 is 15.9 Å². The predicted molar refractivity (Wildman–Crippen MR) is 72.4 cm³/mol. The maximum atomic E-state index is 13.2. The van der Waals surface area contributed by atoms with E-state index in [4.69, 9.17) is 0 Å². The minimum Gasteiger partial charge on any atom is -0.312 e. The molecule has 2 rings (SSSR count). The molecule has 0 spiro atoms. The van der Waals surface area contributed by atoms with Gasteiger partial charge in [-0.15, -0.1) is 0 Å². The zero-order chi connectivity index (χ0) is 12.3. The van der Waals surface area contributed by atoms with Crippen LogP contribution in [0.1, 0.15) is 38.2 Å². The highest BCUT2D eigenvalue weighted by atomic mass is 79.9. The van der Waals surface area contributed by atoms with Gasteiger partial charge in [-0.25, -0.2) is 4.39 Å². The van der Waals surface area contributed by atoms with Crippen LogP contribution >= 0.6 is 15.9 Å². The van der Waals surface area contributed by atoms with Crippen molar-refractivity contribution in [1.82, 2.24) is 5.32 Å². The minimum atomic E-state index is -0.178. The van der Waals surface area contributed by atoms with E-state index < -0.39 is 0 Å². The Bertz CT molecular complexity index is 366. The normalized spacial score (nSPS) is 18.5. The number of rotatable bonds is 4. The summed E-state index contributed by atoms with van der Waals surface area (Å²) in [5.74, 6) is -0.178. The van der Waals surface area contributed by atoms with E-state index in [1.54, 1.807) is 6.07 Å². The second kappa shape index (κ2) is 5.49. The summed E-state index contributed by atoms with van der Waals surface area (Å²) in [4.78, 5) is 0. The van der Waals surface area contributed by atoms with Crippen molar-refractivity contribution in [2.24, 2.45) is 5.41 Å². The summed E-state index contributed by atoms with van der Waals surface area (Å²) in [5.41, 5.74) is 1.45. The van der Waals surface area contributed by atoms with E-state index in [2.05, 4.69) is 28.2 Å². The first-order chi connectivity index (χ1) is 8.07. The zero-order valence-electron chi connectivity index (χ0n) is 10.2. The molecule has 1 aromatic carbocycles. The van der Waals surface area contributed by atoms with Gasteiger partial charge in [0, 0.05) is 17.6 Å². The molecule has 0 atom stereocenters. The van der Waals surface area contributed by atoms with Gasteiger partial charge in [-0.3, -0.25) is 0 Å². The first-order valence-electron chi connectivity index (χ1n) is 6.23. The van der Waals surface area contributed by atoms with Crippen LogP contribution in [0.4, 0.5) is 4.39 Å². The van der Waals surface area contributed by atoms with Gasteiger partial charge in [0.15, 0.2) is 0 Å². The number of halogens is 2. The fraction of sp³-hybridized carbons (Fsp3) is 0.571. The quantitative estimate of drug-likeness (QED) is 0.876. The van der Waals surface area contributed by atoms with Crippen LogP contribution < -0.4 is 5.32 Å². The van der Waals surface area contributed by atoms with Crippen molar-refractivity contribution in [1.29, 1.82) is 0 Å². The lowest BCUT2D eigenvalue weighted by atomic mass is 9.89. The Morgan fingerprint density at radius 1 is 1.29 bits per heavy atom. The molecule has 0 unspecified atom stereocenters. The maximum absolute atomic E-state index is 13.2. The third kappa shape index (κ3) is 3.78. The summed E-state index contributed by atoms with van der Waals surface area (Å²) in [6, 6.07) is 5.05. The van der Waals surface area contributed by atoms with Crippen LogP contribution in [-0.2, 0) is 6.54 Å². The lowest BCUT2D eigenvalue weighted by Crippen LogP contribution is -2.29. The second-order valence-corrected chi connectivity index (χ2v) is 6.31. The molecule has 1 aromatic rings. The molecular formula is C14H19BrFN. The smallest absolute Gasteiger partial charge is 0.124 e. The SMILES string of the molecule is CC1(CNCc2cc(F)cc(Br)c2)CCCC1. The molecule has 1 saturated carbocycles. The van der Waals surface area contributed by atoms with Gasteiger partial charge < -0.3 is 5.32 Å². The Morgan fingerprint density at radius 2 is 2.00 bits per heavy atom. The average molecular weight is 300 g/mol. The van der Waals surface area contributed by atoms with Crippen LogP contribution in [0.15, 0.2) is 22.7 Å².